The lowest BCUT2D eigenvalue weighted by Crippen LogP contribution is -2.28. The number of anilines is 3. The van der Waals surface area contributed by atoms with Crippen LogP contribution in [-0.4, -0.2) is 53.3 Å². The van der Waals surface area contributed by atoms with Crippen molar-refractivity contribution >= 4 is 17.3 Å². The Morgan fingerprint density at radius 1 is 1.16 bits per heavy atom. The molecule has 3 N–H and O–H groups in total. The van der Waals surface area contributed by atoms with E-state index in [2.05, 4.69) is 52.7 Å². The second-order valence-corrected chi connectivity index (χ2v) is 11.1. The minimum atomic E-state index is -0.436. The molecule has 2 aliphatic heterocycles. The van der Waals surface area contributed by atoms with E-state index in [1.54, 1.807) is 6.20 Å². The first-order chi connectivity index (χ1) is 18.4. The van der Waals surface area contributed by atoms with Crippen molar-refractivity contribution in [2.75, 3.05) is 43.9 Å². The highest BCUT2D eigenvalue weighted by Gasteiger charge is 2.36. The first kappa shape index (κ1) is 26.1. The number of aliphatic hydroxyl groups excluding tert-OH is 1. The number of aromatic nitrogens is 2. The van der Waals surface area contributed by atoms with E-state index < -0.39 is 5.41 Å². The van der Waals surface area contributed by atoms with Crippen LogP contribution in [0.4, 0.5) is 17.3 Å². The molecular formula is C31H38N6O. The summed E-state index contributed by atoms with van der Waals surface area (Å²) in [5, 5.41) is 26.7. The molecule has 1 aromatic heterocycles. The average molecular weight is 511 g/mol. The van der Waals surface area contributed by atoms with Crippen molar-refractivity contribution < 1.29 is 5.11 Å². The van der Waals surface area contributed by atoms with E-state index in [9.17, 15) is 10.4 Å². The minimum absolute atomic E-state index is 0.00678. The summed E-state index contributed by atoms with van der Waals surface area (Å²) in [7, 11) is 2.20. The van der Waals surface area contributed by atoms with Gasteiger partial charge >= 0.3 is 0 Å². The molecule has 0 spiro atoms. The number of nitrogens with zero attached hydrogens (tertiary/aromatic N) is 4. The third kappa shape index (κ3) is 5.24. The van der Waals surface area contributed by atoms with E-state index in [4.69, 9.17) is 4.98 Å². The van der Waals surface area contributed by atoms with Gasteiger partial charge in [0.25, 0.3) is 0 Å². The van der Waals surface area contributed by atoms with Crippen molar-refractivity contribution in [2.45, 2.75) is 57.8 Å². The highest BCUT2D eigenvalue weighted by atomic mass is 16.3. The van der Waals surface area contributed by atoms with Gasteiger partial charge in [0.1, 0.15) is 6.07 Å². The van der Waals surface area contributed by atoms with Crippen LogP contribution in [0.15, 0.2) is 36.5 Å². The fourth-order valence-corrected chi connectivity index (χ4v) is 5.59. The van der Waals surface area contributed by atoms with Crippen LogP contribution in [0.3, 0.4) is 0 Å². The van der Waals surface area contributed by atoms with Crippen molar-refractivity contribution in [3.63, 3.8) is 0 Å². The largest absolute Gasteiger partial charge is 0.395 e. The van der Waals surface area contributed by atoms with E-state index in [0.29, 0.717) is 18.1 Å². The van der Waals surface area contributed by atoms with E-state index in [1.807, 2.05) is 25.1 Å². The molecule has 2 aromatic carbocycles. The number of rotatable bonds is 8. The van der Waals surface area contributed by atoms with Gasteiger partial charge in [-0.15, -0.1) is 0 Å². The van der Waals surface area contributed by atoms with Gasteiger partial charge in [0.15, 0.2) is 0 Å². The lowest BCUT2D eigenvalue weighted by Gasteiger charge is -2.21. The fourth-order valence-electron chi connectivity index (χ4n) is 5.59. The molecule has 198 valence electrons. The van der Waals surface area contributed by atoms with Crippen LogP contribution in [0.5, 0.6) is 0 Å². The molecule has 7 heteroatoms. The normalized spacial score (nSPS) is 18.7. The van der Waals surface area contributed by atoms with E-state index in [0.717, 1.165) is 67.0 Å². The van der Waals surface area contributed by atoms with E-state index in [1.165, 1.54) is 29.5 Å². The molecule has 0 saturated carbocycles. The predicted molar refractivity (Wildman–Crippen MR) is 153 cm³/mol. The Kier molecular flexibility index (Phi) is 7.64. The standard InChI is InChI=1S/C31H38N6O/c1-4-5-6-7-23-14-21-9-12-37(3)13-10-22(21)17-28(23)36-30-33-11-8-27(35-30)24-15-25(18-32)29-26(16-24)31(2,20-38)19-34-29/h8,11,14-17,34,38H,4-7,9-10,12-13,19-20H2,1-3H3,(H,33,35,36)/t31-/m1/s1. The summed E-state index contributed by atoms with van der Waals surface area (Å²) in [6.45, 7) is 7.01. The van der Waals surface area contributed by atoms with Gasteiger partial charge in [0, 0.05) is 42.5 Å². The highest BCUT2D eigenvalue weighted by molar-refractivity contribution is 5.76. The summed E-state index contributed by atoms with van der Waals surface area (Å²) in [6.07, 6.45) is 8.49. The van der Waals surface area contributed by atoms with Gasteiger partial charge in [-0.1, -0.05) is 32.8 Å². The lowest BCUT2D eigenvalue weighted by atomic mass is 9.83. The van der Waals surface area contributed by atoms with Gasteiger partial charge in [-0.3, -0.25) is 0 Å². The molecule has 0 fully saturated rings. The Bertz CT molecular complexity index is 1360. The third-order valence-corrected chi connectivity index (χ3v) is 8.11. The van der Waals surface area contributed by atoms with Gasteiger partial charge in [-0.2, -0.15) is 5.26 Å². The van der Waals surface area contributed by atoms with Gasteiger partial charge in [-0.05, 0) is 79.3 Å². The number of benzene rings is 2. The number of aryl methyl sites for hydroxylation is 1. The monoisotopic (exact) mass is 510 g/mol. The van der Waals surface area contributed by atoms with Crippen LogP contribution in [0.2, 0.25) is 0 Å². The Hall–Kier alpha value is -3.47. The Morgan fingerprint density at radius 3 is 2.68 bits per heavy atom. The molecular weight excluding hydrogens is 472 g/mol. The first-order valence-electron chi connectivity index (χ1n) is 13.8. The molecule has 1 atom stereocenters. The summed E-state index contributed by atoms with van der Waals surface area (Å²) >= 11 is 0. The van der Waals surface area contributed by atoms with Crippen LogP contribution < -0.4 is 10.6 Å². The number of likely N-dealkylation sites (N-methyl/N-ethyl adjacent to an activating group) is 1. The van der Waals surface area contributed by atoms with Crippen LogP contribution in [-0.2, 0) is 24.7 Å². The zero-order chi connectivity index (χ0) is 26.7. The summed E-state index contributed by atoms with van der Waals surface area (Å²) < 4.78 is 0. The van der Waals surface area contributed by atoms with Crippen LogP contribution >= 0.6 is 0 Å². The molecule has 0 amide bonds. The number of hydrogen-bond acceptors (Lipinski definition) is 7. The number of aliphatic hydroxyl groups is 1. The van der Waals surface area contributed by atoms with Gasteiger partial charge in [0.2, 0.25) is 5.95 Å². The number of unbranched alkanes of at least 4 members (excludes halogenated alkanes) is 2. The van der Waals surface area contributed by atoms with Gasteiger partial charge in [0.05, 0.1) is 23.6 Å². The minimum Gasteiger partial charge on any atom is -0.395 e. The Labute approximate surface area is 225 Å². The number of nitriles is 1. The van der Waals surface area contributed by atoms with Crippen LogP contribution in [0.25, 0.3) is 11.3 Å². The molecule has 5 rings (SSSR count). The Balaban J connectivity index is 1.49. The summed E-state index contributed by atoms with van der Waals surface area (Å²) in [5.74, 6) is 0.548. The maximum atomic E-state index is 10.1. The molecule has 3 heterocycles. The van der Waals surface area contributed by atoms with Gasteiger partial charge in [-0.25, -0.2) is 9.97 Å². The van der Waals surface area contributed by atoms with Crippen LogP contribution in [0.1, 0.15) is 60.9 Å². The summed E-state index contributed by atoms with van der Waals surface area (Å²) in [5.41, 5.74) is 8.77. The van der Waals surface area contributed by atoms with Crippen molar-refractivity contribution in [1.29, 1.82) is 5.26 Å². The first-order valence-corrected chi connectivity index (χ1v) is 13.8. The molecule has 38 heavy (non-hydrogen) atoms. The van der Waals surface area contributed by atoms with E-state index in [-0.39, 0.29) is 6.61 Å². The molecule has 0 unspecified atom stereocenters. The van der Waals surface area contributed by atoms with Crippen molar-refractivity contribution in [1.82, 2.24) is 14.9 Å². The third-order valence-electron chi connectivity index (χ3n) is 8.11. The second kappa shape index (κ2) is 11.1. The lowest BCUT2D eigenvalue weighted by molar-refractivity contribution is 0.219. The SMILES string of the molecule is CCCCCc1cc2c(cc1Nc1nccc(-c3cc(C#N)c4c(c3)[C@@](C)(CO)CN4)n1)CCN(C)CC2. The van der Waals surface area contributed by atoms with Gasteiger partial charge < -0.3 is 20.6 Å². The summed E-state index contributed by atoms with van der Waals surface area (Å²) in [4.78, 5) is 11.8. The zero-order valence-corrected chi connectivity index (χ0v) is 22.8. The number of hydrogen-bond donors (Lipinski definition) is 3. The molecule has 0 bridgehead atoms. The van der Waals surface area contributed by atoms with Crippen molar-refractivity contribution in [3.8, 4) is 17.3 Å². The zero-order valence-electron chi connectivity index (χ0n) is 22.8. The second-order valence-electron chi connectivity index (χ2n) is 11.1. The molecule has 3 aromatic rings. The maximum absolute atomic E-state index is 10.1. The molecule has 0 radical (unpaired) electrons. The van der Waals surface area contributed by atoms with Crippen molar-refractivity contribution in [3.05, 3.63) is 64.3 Å². The topological polar surface area (TPSA) is 97.1 Å². The highest BCUT2D eigenvalue weighted by Crippen LogP contribution is 2.41. The van der Waals surface area contributed by atoms with Crippen LogP contribution in [0, 0.1) is 11.3 Å². The predicted octanol–water partition coefficient (Wildman–Crippen LogP) is 5.20. The fraction of sp³-hybridized carbons (Fsp3) is 0.452. The molecule has 0 saturated heterocycles. The molecule has 2 aliphatic rings. The van der Waals surface area contributed by atoms with Crippen molar-refractivity contribution in [2.24, 2.45) is 0 Å². The Morgan fingerprint density at radius 2 is 1.95 bits per heavy atom. The molecule has 0 aliphatic carbocycles. The number of fused-ring (bicyclic) bond motifs is 2. The average Bonchev–Trinajstić information content (AvgIpc) is 3.17. The summed E-state index contributed by atoms with van der Waals surface area (Å²) in [6, 6.07) is 12.8. The molecule has 7 nitrogen and oxygen atoms in total. The number of nitrogens with one attached hydrogen (secondary N) is 2. The maximum Gasteiger partial charge on any atom is 0.227 e. The smallest absolute Gasteiger partial charge is 0.227 e. The quantitative estimate of drug-likeness (QED) is 0.359. The van der Waals surface area contributed by atoms with E-state index >= 15 is 0 Å².